The highest BCUT2D eigenvalue weighted by atomic mass is 16.7. The molecule has 1 unspecified atom stereocenters. The molecule has 1 aliphatic rings. The number of fused-ring (bicyclic) bond motifs is 1. The molecule has 1 aromatic carbocycles. The minimum absolute atomic E-state index is 0.0634. The zero-order valence-electron chi connectivity index (χ0n) is 11.0. The topological polar surface area (TPSA) is 54.3 Å². The van der Waals surface area contributed by atoms with Crippen LogP contribution in [0.25, 0.3) is 0 Å². The van der Waals surface area contributed by atoms with Gasteiger partial charge in [0, 0.05) is 12.0 Å². The summed E-state index contributed by atoms with van der Waals surface area (Å²) in [7, 11) is 0. The Balaban J connectivity index is 2.12. The Morgan fingerprint density at radius 1 is 1.39 bits per heavy atom. The lowest BCUT2D eigenvalue weighted by Gasteiger charge is -2.26. The summed E-state index contributed by atoms with van der Waals surface area (Å²) >= 11 is 0. The van der Waals surface area contributed by atoms with E-state index in [0.29, 0.717) is 6.79 Å². The van der Waals surface area contributed by atoms with Crippen LogP contribution in [0.2, 0.25) is 0 Å². The Labute approximate surface area is 108 Å². The number of nitrogens with zero attached hydrogens (tertiary/aromatic N) is 1. The Kier molecular flexibility index (Phi) is 3.44. The second-order valence-electron chi connectivity index (χ2n) is 5.18. The number of benzene rings is 1. The molecule has 0 spiro atoms. The van der Waals surface area contributed by atoms with Gasteiger partial charge in [-0.2, -0.15) is 5.26 Å². The van der Waals surface area contributed by atoms with Gasteiger partial charge in [0.15, 0.2) is 11.5 Å². The van der Waals surface area contributed by atoms with Crippen LogP contribution in [0, 0.1) is 11.3 Å². The predicted molar refractivity (Wildman–Crippen MR) is 68.7 cm³/mol. The predicted octanol–water partition coefficient (Wildman–Crippen LogP) is 2.19. The van der Waals surface area contributed by atoms with E-state index in [1.807, 2.05) is 25.1 Å². The second-order valence-corrected chi connectivity index (χ2v) is 5.18. The lowest BCUT2D eigenvalue weighted by Crippen LogP contribution is -2.37. The molecule has 0 aliphatic carbocycles. The van der Waals surface area contributed by atoms with Crippen molar-refractivity contribution in [2.75, 3.05) is 13.3 Å². The van der Waals surface area contributed by atoms with Gasteiger partial charge in [-0.05, 0) is 24.6 Å². The molecule has 1 aromatic rings. The van der Waals surface area contributed by atoms with E-state index < -0.39 is 0 Å². The van der Waals surface area contributed by atoms with E-state index in [4.69, 9.17) is 14.7 Å². The molecular weight excluding hydrogens is 228 g/mol. The summed E-state index contributed by atoms with van der Waals surface area (Å²) in [5, 5.41) is 12.0. The van der Waals surface area contributed by atoms with Crippen molar-refractivity contribution in [2.45, 2.75) is 32.2 Å². The smallest absolute Gasteiger partial charge is 0.231 e. The molecule has 18 heavy (non-hydrogen) atoms. The summed E-state index contributed by atoms with van der Waals surface area (Å²) in [4.78, 5) is 0. The van der Waals surface area contributed by atoms with E-state index in [2.05, 4.69) is 25.2 Å². The van der Waals surface area contributed by atoms with Crippen molar-refractivity contribution in [3.63, 3.8) is 0 Å². The Hall–Kier alpha value is -1.73. The zero-order chi connectivity index (χ0) is 13.2. The van der Waals surface area contributed by atoms with Crippen molar-refractivity contribution < 1.29 is 9.47 Å². The number of nitrogens with one attached hydrogen (secondary N) is 1. The lowest BCUT2D eigenvalue weighted by molar-refractivity contribution is 0.174. The van der Waals surface area contributed by atoms with Gasteiger partial charge >= 0.3 is 0 Å². The molecule has 0 bridgehead atoms. The van der Waals surface area contributed by atoms with Gasteiger partial charge < -0.3 is 14.8 Å². The van der Waals surface area contributed by atoms with E-state index in [9.17, 15) is 0 Å². The lowest BCUT2D eigenvalue weighted by atomic mass is 9.84. The Morgan fingerprint density at radius 2 is 2.11 bits per heavy atom. The molecule has 1 heterocycles. The van der Waals surface area contributed by atoms with Crippen LogP contribution in [0.3, 0.4) is 0 Å². The fourth-order valence-corrected chi connectivity index (χ4v) is 1.87. The minimum atomic E-state index is -0.140. The normalized spacial score (nSPS) is 15.2. The zero-order valence-corrected chi connectivity index (χ0v) is 11.0. The van der Waals surface area contributed by atoms with Crippen LogP contribution in [0.5, 0.6) is 11.5 Å². The van der Waals surface area contributed by atoms with Crippen molar-refractivity contribution in [1.82, 2.24) is 5.32 Å². The van der Waals surface area contributed by atoms with Gasteiger partial charge in [-0.1, -0.05) is 19.9 Å². The molecule has 0 fully saturated rings. The van der Waals surface area contributed by atoms with Crippen LogP contribution >= 0.6 is 0 Å². The number of ether oxygens (including phenoxy) is 2. The summed E-state index contributed by atoms with van der Waals surface area (Å²) in [5.41, 5.74) is 1.11. The van der Waals surface area contributed by atoms with Crippen LogP contribution in [-0.4, -0.2) is 19.4 Å². The van der Waals surface area contributed by atoms with E-state index in [-0.39, 0.29) is 11.5 Å². The fourth-order valence-electron chi connectivity index (χ4n) is 1.87. The highest BCUT2D eigenvalue weighted by Gasteiger charge is 2.24. The Morgan fingerprint density at radius 3 is 2.83 bits per heavy atom. The Bertz CT molecular complexity index is 477. The maximum Gasteiger partial charge on any atom is 0.231 e. The van der Waals surface area contributed by atoms with E-state index in [1.165, 1.54) is 5.56 Å². The van der Waals surface area contributed by atoms with Gasteiger partial charge in [0.1, 0.15) is 0 Å². The van der Waals surface area contributed by atoms with Crippen molar-refractivity contribution >= 4 is 0 Å². The van der Waals surface area contributed by atoms with E-state index in [1.54, 1.807) is 0 Å². The summed E-state index contributed by atoms with van der Waals surface area (Å²) in [6.45, 7) is 7.17. The molecule has 2 rings (SSSR count). The van der Waals surface area contributed by atoms with Crippen molar-refractivity contribution in [3.8, 4) is 17.6 Å². The van der Waals surface area contributed by atoms with Crippen molar-refractivity contribution in [3.05, 3.63) is 23.8 Å². The largest absolute Gasteiger partial charge is 0.454 e. The maximum atomic E-state index is 8.78. The monoisotopic (exact) mass is 246 g/mol. The van der Waals surface area contributed by atoms with E-state index >= 15 is 0 Å². The van der Waals surface area contributed by atoms with Gasteiger partial charge in [0.2, 0.25) is 6.79 Å². The molecule has 0 amide bonds. The molecule has 0 radical (unpaired) electrons. The van der Waals surface area contributed by atoms with Crippen LogP contribution in [-0.2, 0) is 5.41 Å². The van der Waals surface area contributed by atoms with Gasteiger partial charge in [-0.15, -0.1) is 0 Å². The third-order valence-corrected chi connectivity index (χ3v) is 3.20. The summed E-state index contributed by atoms with van der Waals surface area (Å²) < 4.78 is 10.7. The standard InChI is InChI=1S/C14H18N2O2/c1-10(7-15)16-8-14(2,3)11-4-5-12-13(6-11)18-9-17-12/h4-6,10,16H,8-9H2,1-3H3. The van der Waals surface area contributed by atoms with Gasteiger partial charge in [-0.25, -0.2) is 0 Å². The first-order chi connectivity index (χ1) is 8.53. The summed E-state index contributed by atoms with van der Waals surface area (Å²) in [6.07, 6.45) is 0. The SMILES string of the molecule is CC(C#N)NCC(C)(C)c1ccc2c(c1)OCO2. The van der Waals surface area contributed by atoms with Crippen LogP contribution in [0.1, 0.15) is 26.3 Å². The minimum Gasteiger partial charge on any atom is -0.454 e. The summed E-state index contributed by atoms with van der Waals surface area (Å²) in [6, 6.07) is 8.03. The molecular formula is C14H18N2O2. The molecule has 96 valence electrons. The number of hydrogen-bond donors (Lipinski definition) is 1. The first kappa shape index (κ1) is 12.7. The highest BCUT2D eigenvalue weighted by molar-refractivity contribution is 5.46. The van der Waals surface area contributed by atoms with Crippen molar-refractivity contribution in [1.29, 1.82) is 5.26 Å². The molecule has 4 heteroatoms. The second kappa shape index (κ2) is 4.87. The van der Waals surface area contributed by atoms with Gasteiger partial charge in [-0.3, -0.25) is 0 Å². The molecule has 1 aliphatic heterocycles. The average Bonchev–Trinajstić information content (AvgIpc) is 2.83. The third-order valence-electron chi connectivity index (χ3n) is 3.20. The van der Waals surface area contributed by atoms with Gasteiger partial charge in [0.25, 0.3) is 0 Å². The summed E-state index contributed by atoms with van der Waals surface area (Å²) in [5.74, 6) is 1.60. The maximum absolute atomic E-state index is 8.78. The van der Waals surface area contributed by atoms with Crippen LogP contribution < -0.4 is 14.8 Å². The van der Waals surface area contributed by atoms with Crippen molar-refractivity contribution in [2.24, 2.45) is 0 Å². The van der Waals surface area contributed by atoms with Crippen LogP contribution in [0.15, 0.2) is 18.2 Å². The number of hydrogen-bond acceptors (Lipinski definition) is 4. The van der Waals surface area contributed by atoms with Gasteiger partial charge in [0.05, 0.1) is 12.1 Å². The molecule has 0 saturated heterocycles. The fraction of sp³-hybridized carbons (Fsp3) is 0.500. The molecule has 0 aromatic heterocycles. The number of nitriles is 1. The third kappa shape index (κ3) is 2.57. The molecule has 4 nitrogen and oxygen atoms in total. The highest BCUT2D eigenvalue weighted by Crippen LogP contribution is 2.36. The van der Waals surface area contributed by atoms with Crippen LogP contribution in [0.4, 0.5) is 0 Å². The first-order valence-electron chi connectivity index (χ1n) is 6.06. The van der Waals surface area contributed by atoms with E-state index in [0.717, 1.165) is 18.0 Å². The number of rotatable bonds is 4. The molecule has 1 atom stereocenters. The average molecular weight is 246 g/mol. The quantitative estimate of drug-likeness (QED) is 0.884. The first-order valence-corrected chi connectivity index (χ1v) is 6.06. The molecule has 0 saturated carbocycles. The molecule has 1 N–H and O–H groups in total.